The highest BCUT2D eigenvalue weighted by molar-refractivity contribution is 7.85. The summed E-state index contributed by atoms with van der Waals surface area (Å²) in [5, 5.41) is 2.77. The topological polar surface area (TPSA) is 81.7 Å². The minimum Gasteiger partial charge on any atom is -0.444 e. The first kappa shape index (κ1) is 16.2. The highest BCUT2D eigenvalue weighted by atomic mass is 32.2. The van der Waals surface area contributed by atoms with Crippen LogP contribution in [0.5, 0.6) is 0 Å². The van der Waals surface area contributed by atoms with Crippen LogP contribution >= 0.6 is 0 Å². The standard InChI is InChI=1S/C12H23NO5S/c1-11(2,3)18-10(14)13-12(7-5-6-8-12)9-17-19(4,15)16/h5-9H2,1-4H3,(H,13,14). The van der Waals surface area contributed by atoms with Crippen molar-refractivity contribution in [3.63, 3.8) is 0 Å². The molecular formula is C12H23NO5S. The molecule has 0 aliphatic heterocycles. The van der Waals surface area contributed by atoms with Crippen molar-refractivity contribution in [2.24, 2.45) is 0 Å². The zero-order chi connectivity index (χ0) is 14.7. The van der Waals surface area contributed by atoms with Gasteiger partial charge in [-0.15, -0.1) is 0 Å². The molecule has 1 N–H and O–H groups in total. The van der Waals surface area contributed by atoms with E-state index in [0.29, 0.717) is 12.8 Å². The summed E-state index contributed by atoms with van der Waals surface area (Å²) in [6.07, 6.45) is 3.73. The van der Waals surface area contributed by atoms with Gasteiger partial charge in [-0.2, -0.15) is 8.42 Å². The Labute approximate surface area is 115 Å². The van der Waals surface area contributed by atoms with Gasteiger partial charge in [0.15, 0.2) is 0 Å². The molecule has 0 heterocycles. The summed E-state index contributed by atoms with van der Waals surface area (Å²) in [5.74, 6) is 0. The molecule has 1 saturated carbocycles. The maximum Gasteiger partial charge on any atom is 0.408 e. The van der Waals surface area contributed by atoms with Gasteiger partial charge in [-0.1, -0.05) is 12.8 Å². The molecule has 1 aliphatic carbocycles. The van der Waals surface area contributed by atoms with Crippen molar-refractivity contribution in [3.05, 3.63) is 0 Å². The third kappa shape index (κ3) is 6.24. The van der Waals surface area contributed by atoms with E-state index in [-0.39, 0.29) is 6.61 Å². The summed E-state index contributed by atoms with van der Waals surface area (Å²) >= 11 is 0. The summed E-state index contributed by atoms with van der Waals surface area (Å²) in [6.45, 7) is 5.30. The van der Waals surface area contributed by atoms with Crippen molar-refractivity contribution >= 4 is 16.2 Å². The van der Waals surface area contributed by atoms with Gasteiger partial charge in [0, 0.05) is 0 Å². The van der Waals surface area contributed by atoms with Crippen LogP contribution in [0.25, 0.3) is 0 Å². The zero-order valence-electron chi connectivity index (χ0n) is 12.0. The van der Waals surface area contributed by atoms with Crippen molar-refractivity contribution in [2.75, 3.05) is 12.9 Å². The van der Waals surface area contributed by atoms with E-state index in [1.807, 2.05) is 0 Å². The lowest BCUT2D eigenvalue weighted by Crippen LogP contribution is -2.51. The first-order valence-electron chi connectivity index (χ1n) is 6.37. The largest absolute Gasteiger partial charge is 0.444 e. The van der Waals surface area contributed by atoms with Gasteiger partial charge in [-0.25, -0.2) is 4.79 Å². The Bertz CT molecular complexity index is 418. The maximum absolute atomic E-state index is 11.8. The fourth-order valence-electron chi connectivity index (χ4n) is 2.10. The summed E-state index contributed by atoms with van der Waals surface area (Å²) in [4.78, 5) is 11.8. The number of rotatable bonds is 4. The summed E-state index contributed by atoms with van der Waals surface area (Å²) in [6, 6.07) is 0. The van der Waals surface area contributed by atoms with Gasteiger partial charge < -0.3 is 10.1 Å². The summed E-state index contributed by atoms with van der Waals surface area (Å²) in [7, 11) is -3.51. The second-order valence-corrected chi connectivity index (χ2v) is 7.72. The van der Waals surface area contributed by atoms with Gasteiger partial charge in [0.25, 0.3) is 10.1 Å². The Morgan fingerprint density at radius 2 is 1.79 bits per heavy atom. The molecule has 6 nitrogen and oxygen atoms in total. The molecule has 1 fully saturated rings. The molecule has 112 valence electrons. The Morgan fingerprint density at radius 1 is 1.26 bits per heavy atom. The van der Waals surface area contributed by atoms with Gasteiger partial charge in [0.2, 0.25) is 0 Å². The lowest BCUT2D eigenvalue weighted by atomic mass is 9.99. The predicted octanol–water partition coefficient (Wildman–Crippen LogP) is 1.80. The second kappa shape index (κ2) is 5.66. The Balaban J connectivity index is 2.64. The number of amides is 1. The molecule has 0 aromatic heterocycles. The number of carbonyl (C=O) groups is 1. The third-order valence-electron chi connectivity index (χ3n) is 2.88. The van der Waals surface area contributed by atoms with E-state index in [9.17, 15) is 13.2 Å². The zero-order valence-corrected chi connectivity index (χ0v) is 12.8. The van der Waals surface area contributed by atoms with Crippen LogP contribution in [0, 0.1) is 0 Å². The molecule has 0 aromatic carbocycles. The van der Waals surface area contributed by atoms with Crippen LogP contribution in [-0.2, 0) is 19.0 Å². The highest BCUT2D eigenvalue weighted by Gasteiger charge is 2.38. The van der Waals surface area contributed by atoms with Gasteiger partial charge in [-0.3, -0.25) is 4.18 Å². The number of carbonyl (C=O) groups excluding carboxylic acids is 1. The van der Waals surface area contributed by atoms with Gasteiger partial charge in [0.05, 0.1) is 18.4 Å². The quantitative estimate of drug-likeness (QED) is 0.799. The van der Waals surface area contributed by atoms with Crippen LogP contribution in [0.3, 0.4) is 0 Å². The van der Waals surface area contributed by atoms with Crippen LogP contribution in [0.1, 0.15) is 46.5 Å². The SMILES string of the molecule is CC(C)(C)OC(=O)NC1(COS(C)(=O)=O)CCCC1. The van der Waals surface area contributed by atoms with E-state index in [4.69, 9.17) is 8.92 Å². The first-order chi connectivity index (χ1) is 8.52. The number of alkyl carbamates (subject to hydrolysis) is 1. The number of nitrogens with one attached hydrogen (secondary N) is 1. The van der Waals surface area contributed by atoms with Crippen LogP contribution in [-0.4, -0.2) is 38.5 Å². The molecule has 0 aromatic rings. The third-order valence-corrected chi connectivity index (χ3v) is 3.42. The van der Waals surface area contributed by atoms with E-state index in [0.717, 1.165) is 19.1 Å². The first-order valence-corrected chi connectivity index (χ1v) is 8.19. The van der Waals surface area contributed by atoms with Crippen molar-refractivity contribution in [1.29, 1.82) is 0 Å². The van der Waals surface area contributed by atoms with Crippen LogP contribution in [0.4, 0.5) is 4.79 Å². The van der Waals surface area contributed by atoms with Crippen molar-refractivity contribution in [2.45, 2.75) is 57.6 Å². The minimum atomic E-state index is -3.51. The monoisotopic (exact) mass is 293 g/mol. The van der Waals surface area contributed by atoms with E-state index in [1.165, 1.54) is 0 Å². The van der Waals surface area contributed by atoms with E-state index >= 15 is 0 Å². The fraction of sp³-hybridized carbons (Fsp3) is 0.917. The molecule has 1 amide bonds. The second-order valence-electron chi connectivity index (χ2n) is 6.08. The van der Waals surface area contributed by atoms with Crippen molar-refractivity contribution in [3.8, 4) is 0 Å². The molecule has 7 heteroatoms. The van der Waals surface area contributed by atoms with E-state index in [1.54, 1.807) is 20.8 Å². The van der Waals surface area contributed by atoms with Gasteiger partial charge >= 0.3 is 6.09 Å². The fourth-order valence-corrected chi connectivity index (χ4v) is 2.54. The average Bonchev–Trinajstić information content (AvgIpc) is 2.60. The molecule has 19 heavy (non-hydrogen) atoms. The average molecular weight is 293 g/mol. The predicted molar refractivity (Wildman–Crippen MR) is 71.4 cm³/mol. The number of hydrogen-bond acceptors (Lipinski definition) is 5. The lowest BCUT2D eigenvalue weighted by molar-refractivity contribution is 0.0418. The van der Waals surface area contributed by atoms with Gasteiger partial charge in [0.1, 0.15) is 5.60 Å². The molecule has 0 saturated heterocycles. The van der Waals surface area contributed by atoms with Crippen molar-refractivity contribution in [1.82, 2.24) is 5.32 Å². The van der Waals surface area contributed by atoms with Crippen molar-refractivity contribution < 1.29 is 22.1 Å². The normalized spacial score (nSPS) is 19.2. The number of hydrogen-bond donors (Lipinski definition) is 1. The Kier molecular flexibility index (Phi) is 4.84. The van der Waals surface area contributed by atoms with Gasteiger partial charge in [-0.05, 0) is 33.6 Å². The van der Waals surface area contributed by atoms with Crippen LogP contribution < -0.4 is 5.32 Å². The molecular weight excluding hydrogens is 270 g/mol. The van der Waals surface area contributed by atoms with E-state index < -0.39 is 27.4 Å². The molecule has 1 rings (SSSR count). The maximum atomic E-state index is 11.8. The molecule has 0 radical (unpaired) electrons. The Hall–Kier alpha value is -0.820. The molecule has 0 unspecified atom stereocenters. The highest BCUT2D eigenvalue weighted by Crippen LogP contribution is 2.30. The van der Waals surface area contributed by atoms with Crippen LogP contribution in [0.15, 0.2) is 0 Å². The summed E-state index contributed by atoms with van der Waals surface area (Å²) < 4.78 is 32.2. The van der Waals surface area contributed by atoms with Crippen LogP contribution in [0.2, 0.25) is 0 Å². The molecule has 0 atom stereocenters. The number of ether oxygens (including phenoxy) is 1. The lowest BCUT2D eigenvalue weighted by Gasteiger charge is -2.31. The smallest absolute Gasteiger partial charge is 0.408 e. The summed E-state index contributed by atoms with van der Waals surface area (Å²) in [5.41, 5.74) is -1.22. The van der Waals surface area contributed by atoms with E-state index in [2.05, 4.69) is 5.32 Å². The molecule has 1 aliphatic rings. The molecule has 0 spiro atoms. The Morgan fingerprint density at radius 3 is 2.21 bits per heavy atom. The minimum absolute atomic E-state index is 0.0366. The molecule has 0 bridgehead atoms.